The van der Waals surface area contributed by atoms with E-state index in [1.54, 1.807) is 18.7 Å². The molecular formula is C26H30N4O2S. The summed E-state index contributed by atoms with van der Waals surface area (Å²) >= 11 is 1.65. The Morgan fingerprint density at radius 1 is 1.15 bits per heavy atom. The standard InChI is InChI=1S/C26H30N4O2S/c1-4-5-17-33-26-28-25-27-18(2)23(19(3)31)24(30(25)29-26)21-11-13-22(14-12-21)32-16-15-20-9-7-6-8-10-20/h6-14,24H,4-5,15-17H2,1-3H3,(H,27,28,29). The van der Waals surface area contributed by atoms with Gasteiger partial charge in [-0.2, -0.15) is 4.98 Å². The van der Waals surface area contributed by atoms with Gasteiger partial charge in [0.2, 0.25) is 11.1 Å². The number of allylic oxidation sites excluding steroid dienone is 2. The number of unbranched alkanes of at least 4 members (excludes halogenated alkanes) is 1. The maximum absolute atomic E-state index is 12.6. The van der Waals surface area contributed by atoms with Crippen LogP contribution in [-0.4, -0.2) is 32.9 Å². The van der Waals surface area contributed by atoms with Crippen LogP contribution in [0.4, 0.5) is 5.95 Å². The fraction of sp³-hybridized carbons (Fsp3) is 0.346. The van der Waals surface area contributed by atoms with Crippen LogP contribution in [0.3, 0.4) is 0 Å². The summed E-state index contributed by atoms with van der Waals surface area (Å²) in [5, 5.41) is 8.74. The van der Waals surface area contributed by atoms with Gasteiger partial charge in [-0.05, 0) is 43.5 Å². The molecule has 1 aromatic heterocycles. The number of ether oxygens (including phenoxy) is 1. The zero-order valence-electron chi connectivity index (χ0n) is 19.4. The third kappa shape index (κ3) is 5.47. The van der Waals surface area contributed by atoms with Crippen molar-refractivity contribution in [1.82, 2.24) is 14.8 Å². The van der Waals surface area contributed by atoms with Crippen LogP contribution in [0.1, 0.15) is 50.8 Å². The summed E-state index contributed by atoms with van der Waals surface area (Å²) in [6.07, 6.45) is 3.11. The fourth-order valence-electron chi connectivity index (χ4n) is 3.94. The maximum Gasteiger partial charge on any atom is 0.227 e. The molecule has 0 saturated carbocycles. The van der Waals surface area contributed by atoms with Crippen LogP contribution in [0.2, 0.25) is 0 Å². The zero-order chi connectivity index (χ0) is 23.2. The molecular weight excluding hydrogens is 432 g/mol. The number of fused-ring (bicyclic) bond motifs is 1. The molecule has 0 radical (unpaired) electrons. The van der Waals surface area contributed by atoms with Gasteiger partial charge in [-0.15, -0.1) is 5.10 Å². The smallest absolute Gasteiger partial charge is 0.227 e. The highest BCUT2D eigenvalue weighted by atomic mass is 32.2. The Balaban J connectivity index is 1.53. The van der Waals surface area contributed by atoms with Gasteiger partial charge in [0.25, 0.3) is 0 Å². The summed E-state index contributed by atoms with van der Waals surface area (Å²) in [5.74, 6) is 2.48. The van der Waals surface area contributed by atoms with Crippen molar-refractivity contribution in [2.75, 3.05) is 17.7 Å². The van der Waals surface area contributed by atoms with Crippen LogP contribution >= 0.6 is 11.8 Å². The lowest BCUT2D eigenvalue weighted by Gasteiger charge is -2.28. The predicted molar refractivity (Wildman–Crippen MR) is 133 cm³/mol. The average Bonchev–Trinajstić information content (AvgIpc) is 3.21. The van der Waals surface area contributed by atoms with Crippen LogP contribution < -0.4 is 10.1 Å². The number of nitrogens with one attached hydrogen (secondary N) is 1. The van der Waals surface area contributed by atoms with Crippen molar-refractivity contribution in [2.45, 2.75) is 51.2 Å². The molecule has 172 valence electrons. The van der Waals surface area contributed by atoms with Crippen molar-refractivity contribution < 1.29 is 9.53 Å². The summed E-state index contributed by atoms with van der Waals surface area (Å²) in [4.78, 5) is 17.2. The molecule has 0 fully saturated rings. The topological polar surface area (TPSA) is 69.0 Å². The molecule has 1 atom stereocenters. The van der Waals surface area contributed by atoms with E-state index in [4.69, 9.17) is 9.84 Å². The van der Waals surface area contributed by atoms with Crippen molar-refractivity contribution in [3.05, 3.63) is 77.0 Å². The van der Waals surface area contributed by atoms with Crippen molar-refractivity contribution in [3.63, 3.8) is 0 Å². The normalized spacial score (nSPS) is 15.2. The minimum Gasteiger partial charge on any atom is -0.493 e. The number of carbonyl (C=O) groups is 1. The number of rotatable bonds is 10. The van der Waals surface area contributed by atoms with E-state index in [2.05, 4.69) is 29.4 Å². The third-order valence-corrected chi connectivity index (χ3v) is 6.56. The van der Waals surface area contributed by atoms with E-state index in [1.807, 2.05) is 54.1 Å². The number of benzene rings is 2. The number of thioether (sulfide) groups is 1. The molecule has 6 nitrogen and oxygen atoms in total. The van der Waals surface area contributed by atoms with Crippen LogP contribution in [0.15, 0.2) is 71.0 Å². The number of ketones is 1. The van der Waals surface area contributed by atoms with Gasteiger partial charge in [0.15, 0.2) is 5.78 Å². The Labute approximate surface area is 199 Å². The lowest BCUT2D eigenvalue weighted by Crippen LogP contribution is -2.27. The maximum atomic E-state index is 12.6. The second-order valence-corrected chi connectivity index (χ2v) is 9.20. The zero-order valence-corrected chi connectivity index (χ0v) is 20.2. The number of anilines is 1. The summed E-state index contributed by atoms with van der Waals surface area (Å²) in [6, 6.07) is 17.9. The number of carbonyl (C=O) groups excluding carboxylic acids is 1. The van der Waals surface area contributed by atoms with Crippen molar-refractivity contribution in [2.24, 2.45) is 0 Å². The molecule has 0 spiro atoms. The first-order valence-electron chi connectivity index (χ1n) is 11.4. The summed E-state index contributed by atoms with van der Waals surface area (Å²) in [7, 11) is 0. The molecule has 2 aromatic carbocycles. The lowest BCUT2D eigenvalue weighted by atomic mass is 9.93. The molecule has 0 saturated heterocycles. The molecule has 1 unspecified atom stereocenters. The van der Waals surface area contributed by atoms with Gasteiger partial charge >= 0.3 is 0 Å². The first-order chi connectivity index (χ1) is 16.1. The van der Waals surface area contributed by atoms with Crippen molar-refractivity contribution in [1.29, 1.82) is 0 Å². The number of nitrogens with zero attached hydrogens (tertiary/aromatic N) is 3. The van der Waals surface area contributed by atoms with Crippen LogP contribution in [0.5, 0.6) is 5.75 Å². The highest BCUT2D eigenvalue weighted by Gasteiger charge is 2.32. The van der Waals surface area contributed by atoms with Gasteiger partial charge in [0, 0.05) is 23.4 Å². The van der Waals surface area contributed by atoms with E-state index in [9.17, 15) is 4.79 Å². The quantitative estimate of drug-likeness (QED) is 0.309. The Morgan fingerprint density at radius 2 is 1.91 bits per heavy atom. The van der Waals surface area contributed by atoms with E-state index in [1.165, 1.54) is 5.56 Å². The van der Waals surface area contributed by atoms with E-state index in [0.29, 0.717) is 18.1 Å². The first kappa shape index (κ1) is 23.1. The minimum atomic E-state index is -0.315. The van der Waals surface area contributed by atoms with Gasteiger partial charge in [-0.1, -0.05) is 67.6 Å². The van der Waals surface area contributed by atoms with E-state index >= 15 is 0 Å². The van der Waals surface area contributed by atoms with Gasteiger partial charge in [-0.25, -0.2) is 4.68 Å². The molecule has 4 rings (SSSR count). The van der Waals surface area contributed by atoms with Gasteiger partial charge < -0.3 is 10.1 Å². The number of hydrogen-bond donors (Lipinski definition) is 1. The predicted octanol–water partition coefficient (Wildman–Crippen LogP) is 5.67. The molecule has 1 aliphatic rings. The molecule has 1 N–H and O–H groups in total. The Bertz CT molecular complexity index is 1120. The molecule has 2 heterocycles. The van der Waals surface area contributed by atoms with Gasteiger partial charge in [-0.3, -0.25) is 4.79 Å². The Morgan fingerprint density at radius 3 is 2.61 bits per heavy atom. The van der Waals surface area contributed by atoms with Crippen LogP contribution in [-0.2, 0) is 11.2 Å². The summed E-state index contributed by atoms with van der Waals surface area (Å²) in [5.41, 5.74) is 3.76. The Hall–Kier alpha value is -3.06. The summed E-state index contributed by atoms with van der Waals surface area (Å²) < 4.78 is 7.78. The molecule has 1 aliphatic heterocycles. The van der Waals surface area contributed by atoms with Gasteiger partial charge in [0.1, 0.15) is 11.8 Å². The molecule has 7 heteroatoms. The highest BCUT2D eigenvalue weighted by Crippen LogP contribution is 2.37. The van der Waals surface area contributed by atoms with E-state index in [0.717, 1.165) is 47.2 Å². The SMILES string of the molecule is CCCCSc1nc2n(n1)C(c1ccc(OCCc3ccccc3)cc1)C(C(C)=O)=C(C)N2. The van der Waals surface area contributed by atoms with Crippen LogP contribution in [0.25, 0.3) is 0 Å². The van der Waals surface area contributed by atoms with Crippen molar-refractivity contribution >= 4 is 23.5 Å². The number of Topliss-reactive ketones (excluding diaryl/α,β-unsaturated/α-hetero) is 1. The molecule has 0 aliphatic carbocycles. The number of hydrogen-bond acceptors (Lipinski definition) is 6. The highest BCUT2D eigenvalue weighted by molar-refractivity contribution is 7.99. The molecule has 0 bridgehead atoms. The fourth-order valence-corrected chi connectivity index (χ4v) is 4.85. The average molecular weight is 463 g/mol. The second kappa shape index (κ2) is 10.7. The second-order valence-electron chi connectivity index (χ2n) is 8.14. The van der Waals surface area contributed by atoms with E-state index < -0.39 is 0 Å². The van der Waals surface area contributed by atoms with Gasteiger partial charge in [0.05, 0.1) is 6.61 Å². The molecule has 33 heavy (non-hydrogen) atoms. The first-order valence-corrected chi connectivity index (χ1v) is 12.4. The van der Waals surface area contributed by atoms with Crippen LogP contribution in [0, 0.1) is 0 Å². The summed E-state index contributed by atoms with van der Waals surface area (Å²) in [6.45, 7) is 6.31. The van der Waals surface area contributed by atoms with E-state index in [-0.39, 0.29) is 11.8 Å². The number of aromatic nitrogens is 3. The molecule has 0 amide bonds. The van der Waals surface area contributed by atoms with Crippen molar-refractivity contribution in [3.8, 4) is 5.75 Å². The largest absolute Gasteiger partial charge is 0.493 e. The lowest BCUT2D eigenvalue weighted by molar-refractivity contribution is -0.114. The minimum absolute atomic E-state index is 0.0227. The monoisotopic (exact) mass is 462 g/mol. The molecule has 3 aromatic rings. The Kier molecular flexibility index (Phi) is 7.50. The third-order valence-electron chi connectivity index (χ3n) is 5.64.